The number of halogens is 2. The van der Waals surface area contributed by atoms with Crippen LogP contribution in [-0.2, 0) is 4.74 Å². The smallest absolute Gasteiger partial charge is 0.259 e. The van der Waals surface area contributed by atoms with Gasteiger partial charge in [-0.25, -0.2) is 13.5 Å². The maximum atomic E-state index is 14.2. The predicted molar refractivity (Wildman–Crippen MR) is 133 cm³/mol. The largest absolute Gasteiger partial charge is 0.379 e. The van der Waals surface area contributed by atoms with Crippen LogP contribution in [0.5, 0.6) is 0 Å². The zero-order chi connectivity index (χ0) is 25.2. The Hall–Kier alpha value is -3.43. The molecule has 1 amide bonds. The minimum absolute atomic E-state index is 0.0754. The highest BCUT2D eigenvalue weighted by Crippen LogP contribution is 2.31. The van der Waals surface area contributed by atoms with Crippen molar-refractivity contribution in [3.05, 3.63) is 76.9 Å². The standard InChI is InChI=1S/C27H29F2N5O2/c1-17-13-21(15-30-26(17)19-3-6-22(7-4-19)33-9-11-36-12-10-33)32-27(35)23-16-31-34(18(23)2)25-8-5-20(28)14-24(25)29/h3,5,8,13-16,22H,4,6-7,9-12H2,1-2H3,(H,32,35). The van der Waals surface area contributed by atoms with Crippen molar-refractivity contribution >= 4 is 17.2 Å². The molecule has 1 aliphatic heterocycles. The van der Waals surface area contributed by atoms with Gasteiger partial charge < -0.3 is 10.1 Å². The predicted octanol–water partition coefficient (Wildman–Crippen LogP) is 4.68. The topological polar surface area (TPSA) is 72.3 Å². The first-order valence-corrected chi connectivity index (χ1v) is 12.2. The normalized spacial score (nSPS) is 18.7. The summed E-state index contributed by atoms with van der Waals surface area (Å²) in [6, 6.07) is 5.70. The number of benzene rings is 1. The number of aryl methyl sites for hydroxylation is 1. The maximum Gasteiger partial charge on any atom is 0.259 e. The van der Waals surface area contributed by atoms with E-state index in [0.29, 0.717) is 23.0 Å². The van der Waals surface area contributed by atoms with Crippen LogP contribution in [0.3, 0.4) is 0 Å². The fraction of sp³-hybridized carbons (Fsp3) is 0.370. The molecule has 1 aliphatic carbocycles. The Kier molecular flexibility index (Phi) is 6.93. The molecule has 1 atom stereocenters. The van der Waals surface area contributed by atoms with Crippen LogP contribution in [0.15, 0.2) is 42.7 Å². The Bertz CT molecular complexity index is 1310. The zero-order valence-electron chi connectivity index (χ0n) is 20.4. The van der Waals surface area contributed by atoms with E-state index in [-0.39, 0.29) is 11.6 Å². The molecule has 1 fully saturated rings. The highest BCUT2D eigenvalue weighted by atomic mass is 19.1. The molecule has 188 valence electrons. The minimum Gasteiger partial charge on any atom is -0.379 e. The highest BCUT2D eigenvalue weighted by Gasteiger charge is 2.24. The lowest BCUT2D eigenvalue weighted by Crippen LogP contribution is -2.43. The van der Waals surface area contributed by atoms with Gasteiger partial charge in [0.1, 0.15) is 11.5 Å². The van der Waals surface area contributed by atoms with Gasteiger partial charge in [-0.15, -0.1) is 0 Å². The summed E-state index contributed by atoms with van der Waals surface area (Å²) in [5, 5.41) is 6.99. The second-order valence-electron chi connectivity index (χ2n) is 9.30. The lowest BCUT2D eigenvalue weighted by molar-refractivity contribution is 0.0150. The van der Waals surface area contributed by atoms with E-state index in [4.69, 9.17) is 4.74 Å². The quantitative estimate of drug-likeness (QED) is 0.559. The van der Waals surface area contributed by atoms with Gasteiger partial charge in [-0.05, 0) is 62.4 Å². The molecule has 2 aliphatic rings. The zero-order valence-corrected chi connectivity index (χ0v) is 20.4. The first-order valence-electron chi connectivity index (χ1n) is 12.2. The number of carbonyl (C=O) groups excluding carboxylic acids is 1. The van der Waals surface area contributed by atoms with Gasteiger partial charge >= 0.3 is 0 Å². The van der Waals surface area contributed by atoms with Gasteiger partial charge in [-0.1, -0.05) is 6.08 Å². The third kappa shape index (κ3) is 4.94. The van der Waals surface area contributed by atoms with Gasteiger partial charge in [0, 0.05) is 25.2 Å². The summed E-state index contributed by atoms with van der Waals surface area (Å²) >= 11 is 0. The Balaban J connectivity index is 1.27. The number of amides is 1. The molecule has 1 unspecified atom stereocenters. The Morgan fingerprint density at radius 2 is 1.94 bits per heavy atom. The molecule has 1 aromatic carbocycles. The third-order valence-electron chi connectivity index (χ3n) is 6.98. The summed E-state index contributed by atoms with van der Waals surface area (Å²) in [6.45, 7) is 7.27. The minimum atomic E-state index is -0.753. The highest BCUT2D eigenvalue weighted by molar-refractivity contribution is 6.05. The molecule has 0 saturated carbocycles. The van der Waals surface area contributed by atoms with Gasteiger partial charge in [0.05, 0.1) is 48.2 Å². The van der Waals surface area contributed by atoms with Crippen molar-refractivity contribution < 1.29 is 18.3 Å². The molecule has 36 heavy (non-hydrogen) atoms. The monoisotopic (exact) mass is 493 g/mol. The molecule has 1 saturated heterocycles. The molecule has 0 radical (unpaired) electrons. The van der Waals surface area contributed by atoms with Gasteiger partial charge in [0.2, 0.25) is 0 Å². The number of rotatable bonds is 5. The number of hydrogen-bond acceptors (Lipinski definition) is 5. The van der Waals surface area contributed by atoms with Crippen molar-refractivity contribution in [1.29, 1.82) is 0 Å². The van der Waals surface area contributed by atoms with Crippen LogP contribution in [0, 0.1) is 25.5 Å². The molecule has 9 heteroatoms. The Morgan fingerprint density at radius 3 is 2.64 bits per heavy atom. The average molecular weight is 494 g/mol. The first-order chi connectivity index (χ1) is 17.4. The molecular formula is C27H29F2N5O2. The number of nitrogens with zero attached hydrogens (tertiary/aromatic N) is 4. The maximum absolute atomic E-state index is 14.2. The number of ether oxygens (including phenoxy) is 1. The first kappa shape index (κ1) is 24.3. The number of aromatic nitrogens is 3. The number of hydrogen-bond donors (Lipinski definition) is 1. The Morgan fingerprint density at radius 1 is 1.14 bits per heavy atom. The molecular weight excluding hydrogens is 464 g/mol. The number of pyridine rings is 1. The third-order valence-corrected chi connectivity index (χ3v) is 6.98. The van der Waals surface area contributed by atoms with Crippen LogP contribution in [0.2, 0.25) is 0 Å². The number of nitrogens with one attached hydrogen (secondary N) is 1. The number of anilines is 1. The summed E-state index contributed by atoms with van der Waals surface area (Å²) in [6.07, 6.45) is 8.41. The van der Waals surface area contributed by atoms with Gasteiger partial charge in [0.25, 0.3) is 5.91 Å². The van der Waals surface area contributed by atoms with E-state index >= 15 is 0 Å². The molecule has 1 N–H and O–H groups in total. The molecule has 0 bridgehead atoms. The lowest BCUT2D eigenvalue weighted by atomic mass is 9.90. The van der Waals surface area contributed by atoms with Gasteiger partial charge in [-0.3, -0.25) is 14.7 Å². The summed E-state index contributed by atoms with van der Waals surface area (Å²) in [4.78, 5) is 20.1. The molecule has 5 rings (SSSR count). The molecule has 2 aromatic heterocycles. The van der Waals surface area contributed by atoms with Gasteiger partial charge in [0.15, 0.2) is 5.82 Å². The summed E-state index contributed by atoms with van der Waals surface area (Å²) in [5.74, 6) is -1.80. The second kappa shape index (κ2) is 10.3. The van der Waals surface area contributed by atoms with E-state index in [1.54, 1.807) is 13.1 Å². The van der Waals surface area contributed by atoms with Crippen LogP contribution < -0.4 is 5.32 Å². The van der Waals surface area contributed by atoms with Crippen molar-refractivity contribution in [2.24, 2.45) is 0 Å². The second-order valence-corrected chi connectivity index (χ2v) is 9.30. The lowest BCUT2D eigenvalue weighted by Gasteiger charge is -2.36. The van der Waals surface area contributed by atoms with Crippen LogP contribution in [0.4, 0.5) is 14.5 Å². The summed E-state index contributed by atoms with van der Waals surface area (Å²) in [7, 11) is 0. The number of carbonyl (C=O) groups is 1. The molecule has 0 spiro atoms. The fourth-order valence-electron chi connectivity index (χ4n) is 5.02. The summed E-state index contributed by atoms with van der Waals surface area (Å²) in [5.41, 5.74) is 4.59. The van der Waals surface area contributed by atoms with E-state index < -0.39 is 11.6 Å². The summed E-state index contributed by atoms with van der Waals surface area (Å²) < 4.78 is 34.2. The van der Waals surface area contributed by atoms with Crippen LogP contribution >= 0.6 is 0 Å². The number of morpholine rings is 1. The molecule has 3 heterocycles. The van der Waals surface area contributed by atoms with E-state index in [0.717, 1.165) is 69.0 Å². The number of allylic oxidation sites excluding steroid dienone is 1. The van der Waals surface area contributed by atoms with Crippen molar-refractivity contribution in [2.45, 2.75) is 39.2 Å². The molecule has 3 aromatic rings. The van der Waals surface area contributed by atoms with Gasteiger partial charge in [-0.2, -0.15) is 5.10 Å². The molecule has 7 nitrogen and oxygen atoms in total. The van der Waals surface area contributed by atoms with Crippen LogP contribution in [-0.4, -0.2) is 57.9 Å². The van der Waals surface area contributed by atoms with Crippen molar-refractivity contribution in [3.8, 4) is 5.69 Å². The van der Waals surface area contributed by atoms with E-state index in [9.17, 15) is 13.6 Å². The SMILES string of the molecule is Cc1cc(NC(=O)c2cnn(-c3ccc(F)cc3F)c2C)cnc1C1=CCC(N2CCOCC2)CC1. The van der Waals surface area contributed by atoms with Crippen LogP contribution in [0.25, 0.3) is 11.3 Å². The van der Waals surface area contributed by atoms with Crippen molar-refractivity contribution in [1.82, 2.24) is 19.7 Å². The average Bonchev–Trinajstić information content (AvgIpc) is 3.26. The van der Waals surface area contributed by atoms with Crippen molar-refractivity contribution in [3.63, 3.8) is 0 Å². The van der Waals surface area contributed by atoms with E-state index in [1.807, 2.05) is 13.0 Å². The Labute approximate surface area is 208 Å². The van der Waals surface area contributed by atoms with E-state index in [1.165, 1.54) is 22.5 Å². The van der Waals surface area contributed by atoms with Crippen LogP contribution in [0.1, 0.15) is 46.6 Å². The fourth-order valence-corrected chi connectivity index (χ4v) is 5.02. The van der Waals surface area contributed by atoms with Crippen molar-refractivity contribution in [2.75, 3.05) is 31.6 Å². The van der Waals surface area contributed by atoms with E-state index in [2.05, 4.69) is 26.4 Å².